The fourth-order valence-electron chi connectivity index (χ4n) is 3.00. The van der Waals surface area contributed by atoms with Crippen molar-refractivity contribution in [2.45, 2.75) is 58.1 Å². The molecule has 9 nitrogen and oxygen atoms in total. The molecule has 0 aliphatic carbocycles. The molecule has 0 saturated carbocycles. The van der Waals surface area contributed by atoms with Crippen molar-refractivity contribution in [2.24, 2.45) is 0 Å². The van der Waals surface area contributed by atoms with Gasteiger partial charge in [-0.1, -0.05) is 30.3 Å². The van der Waals surface area contributed by atoms with Crippen molar-refractivity contribution in [2.75, 3.05) is 13.7 Å². The van der Waals surface area contributed by atoms with Gasteiger partial charge in [0.2, 0.25) is 0 Å². The van der Waals surface area contributed by atoms with Crippen LogP contribution in [0.4, 0.5) is 0 Å². The molecule has 0 bridgehead atoms. The van der Waals surface area contributed by atoms with Crippen molar-refractivity contribution in [3.63, 3.8) is 0 Å². The van der Waals surface area contributed by atoms with Gasteiger partial charge in [0.05, 0.1) is 6.61 Å². The molecule has 5 atom stereocenters. The van der Waals surface area contributed by atoms with Gasteiger partial charge in [-0.3, -0.25) is 14.4 Å². The first-order chi connectivity index (χ1) is 13.8. The second-order valence-corrected chi connectivity index (χ2v) is 6.49. The predicted octanol–water partition coefficient (Wildman–Crippen LogP) is 1.37. The molecule has 0 spiro atoms. The highest BCUT2D eigenvalue weighted by Crippen LogP contribution is 2.30. The van der Waals surface area contributed by atoms with Gasteiger partial charge in [-0.15, -0.1) is 0 Å². The number of hydrogen-bond acceptors (Lipinski definition) is 9. The molecule has 0 N–H and O–H groups in total. The summed E-state index contributed by atoms with van der Waals surface area (Å²) in [4.78, 5) is 34.6. The van der Waals surface area contributed by atoms with E-state index in [4.69, 9.17) is 28.4 Å². The minimum Gasteiger partial charge on any atom is -0.463 e. The number of benzene rings is 1. The Bertz CT molecular complexity index is 690. The number of methoxy groups -OCH3 is 1. The summed E-state index contributed by atoms with van der Waals surface area (Å²) in [5.41, 5.74) is 0.884. The van der Waals surface area contributed by atoms with Gasteiger partial charge in [0.25, 0.3) is 0 Å². The summed E-state index contributed by atoms with van der Waals surface area (Å²) in [6, 6.07) is 9.36. The lowest BCUT2D eigenvalue weighted by atomic mass is 9.98. The molecule has 0 amide bonds. The zero-order chi connectivity index (χ0) is 21.4. The highest BCUT2D eigenvalue weighted by atomic mass is 16.7. The number of carbonyl (C=O) groups excluding carboxylic acids is 3. The van der Waals surface area contributed by atoms with Crippen molar-refractivity contribution in [3.05, 3.63) is 35.9 Å². The maximum atomic E-state index is 11.7. The summed E-state index contributed by atoms with van der Waals surface area (Å²) < 4.78 is 32.9. The van der Waals surface area contributed by atoms with E-state index >= 15 is 0 Å². The van der Waals surface area contributed by atoms with E-state index in [0.717, 1.165) is 5.56 Å². The fourth-order valence-corrected chi connectivity index (χ4v) is 3.00. The maximum absolute atomic E-state index is 11.7. The number of esters is 3. The Balaban J connectivity index is 2.28. The van der Waals surface area contributed by atoms with Gasteiger partial charge >= 0.3 is 17.9 Å². The molecule has 1 aliphatic heterocycles. The smallest absolute Gasteiger partial charge is 0.303 e. The van der Waals surface area contributed by atoms with E-state index in [1.807, 2.05) is 30.3 Å². The van der Waals surface area contributed by atoms with Gasteiger partial charge in [-0.25, -0.2) is 0 Å². The third-order valence-corrected chi connectivity index (χ3v) is 4.16. The molecule has 1 saturated heterocycles. The lowest BCUT2D eigenvalue weighted by Crippen LogP contribution is -2.62. The summed E-state index contributed by atoms with van der Waals surface area (Å²) in [6.45, 7) is 3.67. The normalized spacial score (nSPS) is 26.4. The molecule has 1 aliphatic rings. The van der Waals surface area contributed by atoms with Crippen molar-refractivity contribution in [1.82, 2.24) is 0 Å². The van der Waals surface area contributed by atoms with Gasteiger partial charge in [-0.2, -0.15) is 0 Å². The lowest BCUT2D eigenvalue weighted by Gasteiger charge is -2.44. The van der Waals surface area contributed by atoms with E-state index in [9.17, 15) is 14.4 Å². The molecule has 1 fully saturated rings. The van der Waals surface area contributed by atoms with Crippen molar-refractivity contribution in [3.8, 4) is 0 Å². The highest BCUT2D eigenvalue weighted by molar-refractivity contribution is 5.67. The summed E-state index contributed by atoms with van der Waals surface area (Å²) in [5.74, 6) is -1.74. The zero-order valence-corrected chi connectivity index (χ0v) is 16.9. The second-order valence-electron chi connectivity index (χ2n) is 6.49. The molecule has 1 aromatic rings. The molecule has 0 unspecified atom stereocenters. The molecular formula is C20H26O9. The van der Waals surface area contributed by atoms with Gasteiger partial charge < -0.3 is 28.4 Å². The minimum absolute atomic E-state index is 0.188. The quantitative estimate of drug-likeness (QED) is 0.464. The molecular weight excluding hydrogens is 384 g/mol. The first-order valence-electron chi connectivity index (χ1n) is 9.13. The number of carbonyl (C=O) groups is 3. The van der Waals surface area contributed by atoms with E-state index < -0.39 is 48.6 Å². The van der Waals surface area contributed by atoms with Crippen molar-refractivity contribution in [1.29, 1.82) is 0 Å². The summed E-state index contributed by atoms with van der Waals surface area (Å²) in [5, 5.41) is 0. The van der Waals surface area contributed by atoms with Crippen LogP contribution in [0.5, 0.6) is 0 Å². The van der Waals surface area contributed by atoms with Crippen LogP contribution >= 0.6 is 0 Å². The Labute approximate surface area is 169 Å². The standard InChI is InChI=1S/C20H26O9/c1-12(21)25-11-16-17(27-13(2)22)18(28-14(3)23)19(20(24-4)29-16)26-10-15-8-6-5-7-9-15/h5-9,16-20H,10-11H2,1-4H3/t16-,17-,18-,19+,20+/m0/s1. The third-order valence-electron chi connectivity index (χ3n) is 4.16. The first-order valence-corrected chi connectivity index (χ1v) is 9.13. The van der Waals surface area contributed by atoms with Gasteiger partial charge in [0, 0.05) is 27.9 Å². The average Bonchev–Trinajstić information content (AvgIpc) is 2.67. The van der Waals surface area contributed by atoms with Gasteiger partial charge in [0.1, 0.15) is 18.8 Å². The predicted molar refractivity (Wildman–Crippen MR) is 98.4 cm³/mol. The van der Waals surface area contributed by atoms with Crippen molar-refractivity contribution < 1.29 is 42.8 Å². The molecule has 0 aromatic heterocycles. The summed E-state index contributed by atoms with van der Waals surface area (Å²) in [7, 11) is 1.41. The first kappa shape index (κ1) is 22.8. The molecule has 9 heteroatoms. The van der Waals surface area contributed by atoms with Gasteiger partial charge in [0.15, 0.2) is 18.5 Å². The van der Waals surface area contributed by atoms with Crippen LogP contribution in [0.2, 0.25) is 0 Å². The SMILES string of the molecule is CO[C@@H]1O[C@@H](COC(C)=O)[C@H](OC(C)=O)[C@H](OC(C)=O)[C@H]1OCc1ccccc1. The molecule has 160 valence electrons. The van der Waals surface area contributed by atoms with Crippen LogP contribution in [0.3, 0.4) is 0 Å². The molecule has 1 aromatic carbocycles. The van der Waals surface area contributed by atoms with Crippen LogP contribution in [0.1, 0.15) is 26.3 Å². The molecule has 0 radical (unpaired) electrons. The summed E-state index contributed by atoms with van der Waals surface area (Å²) in [6.07, 6.45) is -4.83. The third kappa shape index (κ3) is 6.81. The van der Waals surface area contributed by atoms with Crippen molar-refractivity contribution >= 4 is 17.9 Å². The number of rotatable bonds is 8. The van der Waals surface area contributed by atoms with Gasteiger partial charge in [-0.05, 0) is 5.56 Å². The van der Waals surface area contributed by atoms with Crippen LogP contribution < -0.4 is 0 Å². The van der Waals surface area contributed by atoms with Crippen LogP contribution in [0, 0.1) is 0 Å². The monoisotopic (exact) mass is 410 g/mol. The number of hydrogen-bond donors (Lipinski definition) is 0. The van der Waals surface area contributed by atoms with Crippen LogP contribution in [0.15, 0.2) is 30.3 Å². The van der Waals surface area contributed by atoms with Crippen LogP contribution in [0.25, 0.3) is 0 Å². The van der Waals surface area contributed by atoms with Crippen LogP contribution in [-0.4, -0.2) is 62.3 Å². The minimum atomic E-state index is -1.05. The fraction of sp³-hybridized carbons (Fsp3) is 0.550. The highest BCUT2D eigenvalue weighted by Gasteiger charge is 2.51. The van der Waals surface area contributed by atoms with E-state index in [0.29, 0.717) is 0 Å². The molecule has 29 heavy (non-hydrogen) atoms. The van der Waals surface area contributed by atoms with E-state index in [-0.39, 0.29) is 13.2 Å². The Morgan fingerprint density at radius 1 is 0.897 bits per heavy atom. The zero-order valence-electron chi connectivity index (χ0n) is 16.9. The molecule has 1 heterocycles. The second kappa shape index (κ2) is 10.9. The number of ether oxygens (including phenoxy) is 6. The van der Waals surface area contributed by atoms with Crippen LogP contribution in [-0.2, 0) is 49.4 Å². The van der Waals surface area contributed by atoms with E-state index in [1.165, 1.54) is 27.9 Å². The topological polar surface area (TPSA) is 107 Å². The maximum Gasteiger partial charge on any atom is 0.303 e. The lowest BCUT2D eigenvalue weighted by molar-refractivity contribution is -0.309. The Morgan fingerprint density at radius 2 is 1.52 bits per heavy atom. The molecule has 2 rings (SSSR count). The average molecular weight is 410 g/mol. The summed E-state index contributed by atoms with van der Waals surface area (Å²) >= 11 is 0. The Morgan fingerprint density at radius 3 is 2.07 bits per heavy atom. The largest absolute Gasteiger partial charge is 0.463 e. The van der Waals surface area contributed by atoms with E-state index in [2.05, 4.69) is 0 Å². The Hall–Kier alpha value is -2.49. The van der Waals surface area contributed by atoms with E-state index in [1.54, 1.807) is 0 Å². The Kier molecular flexibility index (Phi) is 8.56.